The van der Waals surface area contributed by atoms with Crippen LogP contribution in [0.3, 0.4) is 0 Å². The van der Waals surface area contributed by atoms with Gasteiger partial charge in [0.05, 0.1) is 0 Å². The highest BCUT2D eigenvalue weighted by Crippen LogP contribution is 2.18. The predicted octanol–water partition coefficient (Wildman–Crippen LogP) is 2.85. The number of anilines is 1. The van der Waals surface area contributed by atoms with Gasteiger partial charge in [0.25, 0.3) is 5.91 Å². The van der Waals surface area contributed by atoms with Crippen molar-refractivity contribution in [2.24, 2.45) is 0 Å². The average molecular weight is 340 g/mol. The zero-order valence-corrected chi connectivity index (χ0v) is 14.9. The van der Waals surface area contributed by atoms with E-state index in [1.807, 2.05) is 44.2 Å². The third kappa shape index (κ3) is 5.95. The van der Waals surface area contributed by atoms with E-state index in [4.69, 9.17) is 4.74 Å². The molecule has 0 saturated carbocycles. The summed E-state index contributed by atoms with van der Waals surface area (Å²) in [5, 5.41) is 2.78. The van der Waals surface area contributed by atoms with Gasteiger partial charge in [-0.05, 0) is 49.2 Å². The summed E-state index contributed by atoms with van der Waals surface area (Å²) in [5.74, 6) is 0.380. The highest BCUT2D eigenvalue weighted by atomic mass is 16.5. The molecular weight excluding hydrogens is 316 g/mol. The molecule has 0 atom stereocenters. The Bertz CT molecular complexity index is 709. The van der Waals surface area contributed by atoms with Gasteiger partial charge in [0.15, 0.2) is 6.61 Å². The van der Waals surface area contributed by atoms with Crippen molar-refractivity contribution in [3.63, 3.8) is 0 Å². The van der Waals surface area contributed by atoms with Crippen molar-refractivity contribution >= 4 is 17.5 Å². The van der Waals surface area contributed by atoms with Crippen LogP contribution < -0.4 is 15.0 Å². The lowest BCUT2D eigenvalue weighted by Crippen LogP contribution is -2.39. The summed E-state index contributed by atoms with van der Waals surface area (Å²) in [6.45, 7) is 6.25. The van der Waals surface area contributed by atoms with Gasteiger partial charge in [0.2, 0.25) is 5.91 Å². The molecule has 0 unspecified atom stereocenters. The molecule has 2 rings (SSSR count). The Hall–Kier alpha value is -2.82. The van der Waals surface area contributed by atoms with Crippen LogP contribution in [0.2, 0.25) is 0 Å². The number of nitrogens with one attached hydrogen (secondary N) is 1. The van der Waals surface area contributed by atoms with Crippen molar-refractivity contribution in [2.45, 2.75) is 20.8 Å². The summed E-state index contributed by atoms with van der Waals surface area (Å²) in [6.07, 6.45) is 0. The molecule has 0 aliphatic carbocycles. The maximum Gasteiger partial charge on any atom is 0.258 e. The van der Waals surface area contributed by atoms with Crippen molar-refractivity contribution in [2.75, 3.05) is 24.6 Å². The van der Waals surface area contributed by atoms with Crippen LogP contribution in [0, 0.1) is 13.8 Å². The number of hydrogen-bond donors (Lipinski definition) is 1. The summed E-state index contributed by atoms with van der Waals surface area (Å²) >= 11 is 0. The van der Waals surface area contributed by atoms with Crippen LogP contribution in [0.25, 0.3) is 0 Å². The Morgan fingerprint density at radius 3 is 2.28 bits per heavy atom. The van der Waals surface area contributed by atoms with Crippen LogP contribution >= 0.6 is 0 Å². The molecule has 25 heavy (non-hydrogen) atoms. The summed E-state index contributed by atoms with van der Waals surface area (Å²) in [4.78, 5) is 25.5. The zero-order chi connectivity index (χ0) is 18.2. The molecule has 0 heterocycles. The minimum absolute atomic E-state index is 0.0480. The van der Waals surface area contributed by atoms with Crippen LogP contribution in [0.4, 0.5) is 5.69 Å². The van der Waals surface area contributed by atoms with E-state index < -0.39 is 0 Å². The first-order valence-corrected chi connectivity index (χ1v) is 8.26. The van der Waals surface area contributed by atoms with Gasteiger partial charge in [-0.1, -0.05) is 24.3 Å². The standard InChI is InChI=1S/C20H24N2O3/c1-15-11-16(2)13-18(12-15)22(17(3)23)10-9-21-20(24)14-25-19-7-5-4-6-8-19/h4-8,11-13H,9-10,14H2,1-3H3,(H,21,24). The molecule has 0 aromatic heterocycles. The first-order valence-electron chi connectivity index (χ1n) is 8.26. The van der Waals surface area contributed by atoms with Gasteiger partial charge in [-0.25, -0.2) is 0 Å². The van der Waals surface area contributed by atoms with Crippen molar-refractivity contribution in [1.29, 1.82) is 0 Å². The van der Waals surface area contributed by atoms with Crippen molar-refractivity contribution in [3.05, 3.63) is 59.7 Å². The summed E-state index contributed by atoms with van der Waals surface area (Å²) < 4.78 is 5.40. The molecule has 0 fully saturated rings. The van der Waals surface area contributed by atoms with Crippen LogP contribution in [0.15, 0.2) is 48.5 Å². The molecule has 1 N–H and O–H groups in total. The maximum atomic E-state index is 11.9. The van der Waals surface area contributed by atoms with Gasteiger partial charge >= 0.3 is 0 Å². The number of benzene rings is 2. The van der Waals surface area contributed by atoms with E-state index in [1.54, 1.807) is 17.0 Å². The third-order valence-corrected chi connectivity index (χ3v) is 3.67. The minimum atomic E-state index is -0.215. The van der Waals surface area contributed by atoms with Gasteiger partial charge < -0.3 is 15.0 Å². The Kier molecular flexibility index (Phi) is 6.57. The fourth-order valence-corrected chi connectivity index (χ4v) is 2.60. The maximum absolute atomic E-state index is 11.9. The third-order valence-electron chi connectivity index (χ3n) is 3.67. The van der Waals surface area contributed by atoms with Crippen LogP contribution in [0.1, 0.15) is 18.1 Å². The topological polar surface area (TPSA) is 58.6 Å². The van der Waals surface area contributed by atoms with E-state index >= 15 is 0 Å². The molecule has 0 radical (unpaired) electrons. The van der Waals surface area contributed by atoms with Crippen molar-refractivity contribution in [1.82, 2.24) is 5.32 Å². The van der Waals surface area contributed by atoms with E-state index in [9.17, 15) is 9.59 Å². The number of rotatable bonds is 7. The molecule has 5 heteroatoms. The molecule has 2 aromatic rings. The Morgan fingerprint density at radius 1 is 1.04 bits per heavy atom. The molecule has 0 aliphatic rings. The van der Waals surface area contributed by atoms with E-state index in [0.29, 0.717) is 18.8 Å². The fourth-order valence-electron chi connectivity index (χ4n) is 2.60. The quantitative estimate of drug-likeness (QED) is 0.843. The molecule has 2 aromatic carbocycles. The highest BCUT2D eigenvalue weighted by Gasteiger charge is 2.12. The second-order valence-corrected chi connectivity index (χ2v) is 5.97. The number of hydrogen-bond acceptors (Lipinski definition) is 3. The molecule has 132 valence electrons. The van der Waals surface area contributed by atoms with Crippen LogP contribution in [-0.4, -0.2) is 31.5 Å². The Morgan fingerprint density at radius 2 is 1.68 bits per heavy atom. The SMILES string of the molecule is CC(=O)N(CCNC(=O)COc1ccccc1)c1cc(C)cc(C)c1. The molecule has 0 saturated heterocycles. The molecule has 5 nitrogen and oxygen atoms in total. The number of aryl methyl sites for hydroxylation is 2. The largest absolute Gasteiger partial charge is 0.484 e. The second-order valence-electron chi connectivity index (χ2n) is 5.97. The number of carbonyl (C=O) groups excluding carboxylic acids is 2. The number of carbonyl (C=O) groups is 2. The first kappa shape index (κ1) is 18.5. The zero-order valence-electron chi connectivity index (χ0n) is 14.9. The molecular formula is C20H24N2O3. The van der Waals surface area contributed by atoms with E-state index in [2.05, 4.69) is 11.4 Å². The molecule has 0 aliphatic heterocycles. The lowest BCUT2D eigenvalue weighted by Gasteiger charge is -2.22. The predicted molar refractivity (Wildman–Crippen MR) is 98.9 cm³/mol. The van der Waals surface area contributed by atoms with Gasteiger partial charge in [0, 0.05) is 25.7 Å². The fraction of sp³-hybridized carbons (Fsp3) is 0.300. The molecule has 0 spiro atoms. The smallest absolute Gasteiger partial charge is 0.258 e. The number of ether oxygens (including phenoxy) is 1. The van der Waals surface area contributed by atoms with E-state index in [0.717, 1.165) is 16.8 Å². The molecule has 0 bridgehead atoms. The number of para-hydroxylation sites is 1. The van der Waals surface area contributed by atoms with Gasteiger partial charge in [-0.3, -0.25) is 9.59 Å². The van der Waals surface area contributed by atoms with Crippen LogP contribution in [-0.2, 0) is 9.59 Å². The first-order chi connectivity index (χ1) is 12.0. The Balaban J connectivity index is 1.85. The van der Waals surface area contributed by atoms with E-state index in [1.165, 1.54) is 6.92 Å². The summed E-state index contributed by atoms with van der Waals surface area (Å²) in [6, 6.07) is 15.2. The normalized spacial score (nSPS) is 10.2. The summed E-state index contributed by atoms with van der Waals surface area (Å²) in [5.41, 5.74) is 3.04. The lowest BCUT2D eigenvalue weighted by atomic mass is 10.1. The van der Waals surface area contributed by atoms with Gasteiger partial charge in [-0.15, -0.1) is 0 Å². The average Bonchev–Trinajstić information content (AvgIpc) is 2.56. The number of amides is 2. The molecule has 2 amide bonds. The van der Waals surface area contributed by atoms with Crippen molar-refractivity contribution in [3.8, 4) is 5.75 Å². The van der Waals surface area contributed by atoms with E-state index in [-0.39, 0.29) is 18.4 Å². The Labute approximate surface area is 148 Å². The minimum Gasteiger partial charge on any atom is -0.484 e. The van der Waals surface area contributed by atoms with Gasteiger partial charge in [0.1, 0.15) is 5.75 Å². The second kappa shape index (κ2) is 8.87. The number of nitrogens with zero attached hydrogens (tertiary/aromatic N) is 1. The lowest BCUT2D eigenvalue weighted by molar-refractivity contribution is -0.123. The van der Waals surface area contributed by atoms with Crippen molar-refractivity contribution < 1.29 is 14.3 Å². The monoisotopic (exact) mass is 340 g/mol. The van der Waals surface area contributed by atoms with Crippen LogP contribution in [0.5, 0.6) is 5.75 Å². The summed E-state index contributed by atoms with van der Waals surface area (Å²) in [7, 11) is 0. The van der Waals surface area contributed by atoms with Gasteiger partial charge in [-0.2, -0.15) is 0 Å². The highest BCUT2D eigenvalue weighted by molar-refractivity contribution is 5.91.